The molecular weight excluding hydrogens is 210 g/mol. The Balaban J connectivity index is 2.21. The fourth-order valence-electron chi connectivity index (χ4n) is 1.39. The van der Waals surface area contributed by atoms with Crippen molar-refractivity contribution < 1.29 is 9.47 Å². The molecule has 2 rings (SSSR count). The minimum Gasteiger partial charge on any atom is -0.486 e. The molecule has 0 unspecified atom stereocenters. The van der Waals surface area contributed by atoms with Crippen molar-refractivity contribution >= 4 is 11.8 Å². The van der Waals surface area contributed by atoms with Crippen LogP contribution in [0.15, 0.2) is 23.1 Å². The molecule has 0 aliphatic carbocycles. The number of hydrogen-bond acceptors (Lipinski definition) is 4. The van der Waals surface area contributed by atoms with Crippen molar-refractivity contribution in [2.45, 2.75) is 23.6 Å². The van der Waals surface area contributed by atoms with Crippen LogP contribution in [0.25, 0.3) is 0 Å². The van der Waals surface area contributed by atoms with E-state index in [2.05, 4.69) is 0 Å². The average Bonchev–Trinajstić information content (AvgIpc) is 2.15. The Morgan fingerprint density at radius 2 is 1.87 bits per heavy atom. The Hall–Kier alpha value is -0.870. The maximum atomic E-state index is 5.93. The SMILES string of the molecule is CC(C)(N)Sc1ccc2c(c1)OCCO2. The van der Waals surface area contributed by atoms with Crippen molar-refractivity contribution in [2.24, 2.45) is 5.73 Å². The minimum atomic E-state index is -0.274. The van der Waals surface area contributed by atoms with Gasteiger partial charge in [-0.1, -0.05) is 0 Å². The average molecular weight is 225 g/mol. The summed E-state index contributed by atoms with van der Waals surface area (Å²) in [6, 6.07) is 5.92. The van der Waals surface area contributed by atoms with E-state index in [9.17, 15) is 0 Å². The van der Waals surface area contributed by atoms with Crippen LogP contribution in [0, 0.1) is 0 Å². The molecule has 0 saturated heterocycles. The van der Waals surface area contributed by atoms with E-state index in [1.807, 2.05) is 32.0 Å². The van der Waals surface area contributed by atoms with E-state index < -0.39 is 0 Å². The third kappa shape index (κ3) is 2.79. The second-order valence-electron chi connectivity index (χ2n) is 4.01. The number of fused-ring (bicyclic) bond motifs is 1. The number of benzene rings is 1. The van der Waals surface area contributed by atoms with Gasteiger partial charge in [-0.3, -0.25) is 0 Å². The highest BCUT2D eigenvalue weighted by atomic mass is 32.2. The highest BCUT2D eigenvalue weighted by Gasteiger charge is 2.16. The Bertz CT molecular complexity index is 360. The topological polar surface area (TPSA) is 44.5 Å². The smallest absolute Gasteiger partial charge is 0.162 e. The molecule has 0 spiro atoms. The molecule has 1 heterocycles. The molecule has 0 radical (unpaired) electrons. The van der Waals surface area contributed by atoms with Crippen molar-refractivity contribution in [3.05, 3.63) is 18.2 Å². The molecule has 1 aromatic rings. The van der Waals surface area contributed by atoms with Crippen LogP contribution in [-0.4, -0.2) is 18.1 Å². The molecule has 15 heavy (non-hydrogen) atoms. The van der Waals surface area contributed by atoms with Crippen molar-refractivity contribution in [3.63, 3.8) is 0 Å². The van der Waals surface area contributed by atoms with E-state index in [-0.39, 0.29) is 4.87 Å². The highest BCUT2D eigenvalue weighted by Crippen LogP contribution is 2.36. The fourth-order valence-corrected chi connectivity index (χ4v) is 2.30. The molecular formula is C11H15NO2S. The van der Waals surface area contributed by atoms with Crippen LogP contribution >= 0.6 is 11.8 Å². The normalized spacial score (nSPS) is 15.1. The molecule has 2 N–H and O–H groups in total. The molecule has 0 bridgehead atoms. The molecule has 0 amide bonds. The number of hydrogen-bond donors (Lipinski definition) is 1. The van der Waals surface area contributed by atoms with Crippen molar-refractivity contribution in [1.82, 2.24) is 0 Å². The first-order valence-electron chi connectivity index (χ1n) is 4.92. The third-order valence-electron chi connectivity index (χ3n) is 1.89. The second kappa shape index (κ2) is 3.94. The van der Waals surface area contributed by atoms with Gasteiger partial charge in [-0.2, -0.15) is 0 Å². The summed E-state index contributed by atoms with van der Waals surface area (Å²) in [5.74, 6) is 1.64. The standard InChI is InChI=1S/C11H15NO2S/c1-11(2,12)15-8-3-4-9-10(7-8)14-6-5-13-9/h3-4,7H,5-6,12H2,1-2H3. The first kappa shape index (κ1) is 10.6. The predicted molar refractivity (Wildman–Crippen MR) is 61.6 cm³/mol. The second-order valence-corrected chi connectivity index (χ2v) is 5.74. The number of nitrogens with two attached hydrogens (primary N) is 1. The molecule has 3 nitrogen and oxygen atoms in total. The summed E-state index contributed by atoms with van der Waals surface area (Å²) in [6.45, 7) is 5.21. The summed E-state index contributed by atoms with van der Waals surface area (Å²) >= 11 is 1.62. The number of ether oxygens (including phenoxy) is 2. The highest BCUT2D eigenvalue weighted by molar-refractivity contribution is 8.00. The molecule has 4 heteroatoms. The molecule has 1 aromatic carbocycles. The summed E-state index contributed by atoms with van der Waals surface area (Å²) < 4.78 is 10.9. The zero-order chi connectivity index (χ0) is 10.9. The van der Waals surface area contributed by atoms with Gasteiger partial charge in [0.2, 0.25) is 0 Å². The molecule has 0 aromatic heterocycles. The molecule has 0 saturated carbocycles. The largest absolute Gasteiger partial charge is 0.486 e. The van der Waals surface area contributed by atoms with Gasteiger partial charge >= 0.3 is 0 Å². The Morgan fingerprint density at radius 1 is 1.20 bits per heavy atom. The van der Waals surface area contributed by atoms with Gasteiger partial charge in [0.15, 0.2) is 11.5 Å². The zero-order valence-electron chi connectivity index (χ0n) is 8.95. The van der Waals surface area contributed by atoms with Crippen LogP contribution in [0.4, 0.5) is 0 Å². The van der Waals surface area contributed by atoms with Crippen molar-refractivity contribution in [3.8, 4) is 11.5 Å². The van der Waals surface area contributed by atoms with Gasteiger partial charge in [-0.05, 0) is 32.0 Å². The van der Waals surface area contributed by atoms with Gasteiger partial charge < -0.3 is 15.2 Å². The fraction of sp³-hybridized carbons (Fsp3) is 0.455. The van der Waals surface area contributed by atoms with Crippen LogP contribution < -0.4 is 15.2 Å². The molecule has 82 valence electrons. The lowest BCUT2D eigenvalue weighted by atomic mass is 10.3. The van der Waals surface area contributed by atoms with E-state index >= 15 is 0 Å². The maximum absolute atomic E-state index is 5.93. The summed E-state index contributed by atoms with van der Waals surface area (Å²) in [7, 11) is 0. The Kier molecular flexibility index (Phi) is 2.80. The number of rotatable bonds is 2. The summed E-state index contributed by atoms with van der Waals surface area (Å²) in [6.07, 6.45) is 0. The monoisotopic (exact) mass is 225 g/mol. The lowest BCUT2D eigenvalue weighted by Crippen LogP contribution is -2.26. The first-order chi connectivity index (χ1) is 7.04. The Morgan fingerprint density at radius 3 is 2.53 bits per heavy atom. The summed E-state index contributed by atoms with van der Waals surface area (Å²) in [5.41, 5.74) is 5.93. The molecule has 1 aliphatic rings. The van der Waals surface area contributed by atoms with Crippen LogP contribution in [0.5, 0.6) is 11.5 Å². The van der Waals surface area contributed by atoms with E-state index in [4.69, 9.17) is 15.2 Å². The van der Waals surface area contributed by atoms with E-state index in [1.54, 1.807) is 11.8 Å². The molecule has 1 aliphatic heterocycles. The molecule has 0 fully saturated rings. The first-order valence-corrected chi connectivity index (χ1v) is 5.74. The lowest BCUT2D eigenvalue weighted by molar-refractivity contribution is 0.171. The minimum absolute atomic E-state index is 0.274. The van der Waals surface area contributed by atoms with Gasteiger partial charge in [0, 0.05) is 4.90 Å². The van der Waals surface area contributed by atoms with E-state index in [1.165, 1.54) is 0 Å². The maximum Gasteiger partial charge on any atom is 0.162 e. The van der Waals surface area contributed by atoms with Crippen molar-refractivity contribution in [1.29, 1.82) is 0 Å². The van der Waals surface area contributed by atoms with Crippen LogP contribution in [0.2, 0.25) is 0 Å². The van der Waals surface area contributed by atoms with Crippen molar-refractivity contribution in [2.75, 3.05) is 13.2 Å². The van der Waals surface area contributed by atoms with Crippen LogP contribution in [0.1, 0.15) is 13.8 Å². The Labute approximate surface area is 93.9 Å². The summed E-state index contributed by atoms with van der Waals surface area (Å²) in [5, 5.41) is 0. The van der Waals surface area contributed by atoms with Gasteiger partial charge in [-0.15, -0.1) is 11.8 Å². The quantitative estimate of drug-likeness (QED) is 0.619. The van der Waals surface area contributed by atoms with Gasteiger partial charge in [0.25, 0.3) is 0 Å². The lowest BCUT2D eigenvalue weighted by Gasteiger charge is -2.21. The third-order valence-corrected chi connectivity index (χ3v) is 2.91. The van der Waals surface area contributed by atoms with Gasteiger partial charge in [-0.25, -0.2) is 0 Å². The van der Waals surface area contributed by atoms with Crippen LogP contribution in [0.3, 0.4) is 0 Å². The summed E-state index contributed by atoms with van der Waals surface area (Å²) in [4.78, 5) is 0.829. The van der Waals surface area contributed by atoms with E-state index in [0.717, 1.165) is 16.4 Å². The zero-order valence-corrected chi connectivity index (χ0v) is 9.76. The van der Waals surface area contributed by atoms with Gasteiger partial charge in [0.05, 0.1) is 4.87 Å². The number of thioether (sulfide) groups is 1. The van der Waals surface area contributed by atoms with E-state index in [0.29, 0.717) is 13.2 Å². The predicted octanol–water partition coefficient (Wildman–Crippen LogP) is 2.24. The van der Waals surface area contributed by atoms with Gasteiger partial charge in [0.1, 0.15) is 13.2 Å². The molecule has 0 atom stereocenters. The van der Waals surface area contributed by atoms with Crippen LogP contribution in [-0.2, 0) is 0 Å².